The summed E-state index contributed by atoms with van der Waals surface area (Å²) in [5, 5.41) is 0. The Hall–Kier alpha value is -0.940. The van der Waals surface area contributed by atoms with E-state index >= 15 is 0 Å². The number of Topliss-reactive ketones (excluding diaryl/α,β-unsaturated/α-hetero) is 1. The maximum atomic E-state index is 13.2. The number of thioether (sulfide) groups is 1. The summed E-state index contributed by atoms with van der Waals surface area (Å²) in [6, 6.07) is 2.97. The molecule has 0 aromatic heterocycles. The Balaban J connectivity index is 2.53. The SMILES string of the molecule is COCCSCC(=O)c1ccc(F)cc1F. The Morgan fingerprint density at radius 3 is 2.81 bits per heavy atom. The van der Waals surface area contributed by atoms with Gasteiger partial charge in [0.05, 0.1) is 17.9 Å². The van der Waals surface area contributed by atoms with Crippen molar-refractivity contribution in [3.8, 4) is 0 Å². The summed E-state index contributed by atoms with van der Waals surface area (Å²) in [5.41, 5.74) is -0.0636. The number of carbonyl (C=O) groups is 1. The highest BCUT2D eigenvalue weighted by Crippen LogP contribution is 2.13. The molecule has 16 heavy (non-hydrogen) atoms. The summed E-state index contributed by atoms with van der Waals surface area (Å²) in [7, 11) is 1.57. The van der Waals surface area contributed by atoms with E-state index in [0.717, 1.165) is 6.07 Å². The summed E-state index contributed by atoms with van der Waals surface area (Å²) < 4.78 is 30.6. The zero-order valence-electron chi connectivity index (χ0n) is 8.83. The minimum atomic E-state index is -0.808. The molecule has 0 radical (unpaired) electrons. The van der Waals surface area contributed by atoms with Crippen LogP contribution in [0.3, 0.4) is 0 Å². The highest BCUT2D eigenvalue weighted by atomic mass is 32.2. The molecule has 0 spiro atoms. The Morgan fingerprint density at radius 1 is 1.44 bits per heavy atom. The maximum absolute atomic E-state index is 13.2. The van der Waals surface area contributed by atoms with Crippen molar-refractivity contribution in [1.29, 1.82) is 0 Å². The molecule has 5 heteroatoms. The van der Waals surface area contributed by atoms with Crippen molar-refractivity contribution >= 4 is 17.5 Å². The molecule has 0 fully saturated rings. The number of halogens is 2. The number of methoxy groups -OCH3 is 1. The molecule has 0 aliphatic rings. The lowest BCUT2D eigenvalue weighted by molar-refractivity contribution is 0.101. The third-order valence-electron chi connectivity index (χ3n) is 1.90. The van der Waals surface area contributed by atoms with Crippen LogP contribution in [0.2, 0.25) is 0 Å². The van der Waals surface area contributed by atoms with Crippen LogP contribution in [0.4, 0.5) is 8.78 Å². The molecule has 0 aliphatic heterocycles. The van der Waals surface area contributed by atoms with Crippen LogP contribution in [0.15, 0.2) is 18.2 Å². The summed E-state index contributed by atoms with van der Waals surface area (Å²) in [6.45, 7) is 0.545. The topological polar surface area (TPSA) is 26.3 Å². The number of carbonyl (C=O) groups excluding carboxylic acids is 1. The maximum Gasteiger partial charge on any atom is 0.175 e. The third kappa shape index (κ3) is 3.90. The number of hydrogen-bond acceptors (Lipinski definition) is 3. The first-order valence-corrected chi connectivity index (χ1v) is 5.85. The molecule has 88 valence electrons. The standard InChI is InChI=1S/C11H12F2O2S/c1-15-4-5-16-7-11(14)9-3-2-8(12)6-10(9)13/h2-3,6H,4-5,7H2,1H3. The number of ketones is 1. The molecule has 0 amide bonds. The lowest BCUT2D eigenvalue weighted by atomic mass is 10.1. The number of hydrogen-bond donors (Lipinski definition) is 0. The largest absolute Gasteiger partial charge is 0.384 e. The second-order valence-corrected chi connectivity index (χ2v) is 4.20. The van der Waals surface area contributed by atoms with Crippen LogP contribution in [0.5, 0.6) is 0 Å². The second-order valence-electron chi connectivity index (χ2n) is 3.09. The molecule has 1 aromatic rings. The van der Waals surface area contributed by atoms with Gasteiger partial charge in [0.1, 0.15) is 11.6 Å². The molecule has 1 aromatic carbocycles. The normalized spacial score (nSPS) is 10.4. The summed E-state index contributed by atoms with van der Waals surface area (Å²) in [5.74, 6) is -0.978. The quantitative estimate of drug-likeness (QED) is 0.570. The molecule has 0 bridgehead atoms. The fourth-order valence-electron chi connectivity index (χ4n) is 1.10. The second kappa shape index (κ2) is 6.60. The van der Waals surface area contributed by atoms with E-state index in [-0.39, 0.29) is 17.1 Å². The van der Waals surface area contributed by atoms with Crippen molar-refractivity contribution in [3.05, 3.63) is 35.4 Å². The van der Waals surface area contributed by atoms with E-state index in [9.17, 15) is 13.6 Å². The van der Waals surface area contributed by atoms with E-state index in [4.69, 9.17) is 4.74 Å². The van der Waals surface area contributed by atoms with Crippen LogP contribution in [-0.4, -0.2) is 31.0 Å². The first-order chi connectivity index (χ1) is 7.65. The van der Waals surface area contributed by atoms with Gasteiger partial charge in [-0.05, 0) is 12.1 Å². The first kappa shape index (κ1) is 13.1. The average molecular weight is 246 g/mol. The van der Waals surface area contributed by atoms with Gasteiger partial charge < -0.3 is 4.74 Å². The van der Waals surface area contributed by atoms with Gasteiger partial charge in [0.15, 0.2) is 5.78 Å². The van der Waals surface area contributed by atoms with Crippen molar-refractivity contribution in [2.24, 2.45) is 0 Å². The predicted molar refractivity (Wildman–Crippen MR) is 59.9 cm³/mol. The van der Waals surface area contributed by atoms with Gasteiger partial charge in [-0.25, -0.2) is 8.78 Å². The zero-order chi connectivity index (χ0) is 12.0. The number of rotatable bonds is 6. The van der Waals surface area contributed by atoms with Crippen LogP contribution in [0.1, 0.15) is 10.4 Å². The van der Waals surface area contributed by atoms with E-state index in [2.05, 4.69) is 0 Å². The van der Waals surface area contributed by atoms with Crippen LogP contribution in [0.25, 0.3) is 0 Å². The van der Waals surface area contributed by atoms with Crippen LogP contribution >= 0.6 is 11.8 Å². The summed E-state index contributed by atoms with van der Waals surface area (Å²) in [6.07, 6.45) is 0. The van der Waals surface area contributed by atoms with Crippen LogP contribution in [-0.2, 0) is 4.74 Å². The van der Waals surface area contributed by atoms with Crippen molar-refractivity contribution in [1.82, 2.24) is 0 Å². The van der Waals surface area contributed by atoms with Gasteiger partial charge in [-0.2, -0.15) is 11.8 Å². The van der Waals surface area contributed by atoms with Gasteiger partial charge in [0.2, 0.25) is 0 Å². The lowest BCUT2D eigenvalue weighted by Gasteiger charge is -2.02. The number of benzene rings is 1. The molecular weight excluding hydrogens is 234 g/mol. The van der Waals surface area contributed by atoms with Crippen molar-refractivity contribution in [2.75, 3.05) is 25.2 Å². The molecule has 0 unspecified atom stereocenters. The molecule has 0 aliphatic carbocycles. The summed E-state index contributed by atoms with van der Waals surface area (Å²) in [4.78, 5) is 11.5. The van der Waals surface area contributed by atoms with E-state index in [1.54, 1.807) is 7.11 Å². The fourth-order valence-corrected chi connectivity index (χ4v) is 1.87. The van der Waals surface area contributed by atoms with Gasteiger partial charge >= 0.3 is 0 Å². The predicted octanol–water partition coefficient (Wildman–Crippen LogP) is 2.53. The molecule has 0 atom stereocenters. The minimum absolute atomic E-state index is 0.0636. The van der Waals surface area contributed by atoms with E-state index in [1.807, 2.05) is 0 Å². The van der Waals surface area contributed by atoms with Crippen molar-refractivity contribution < 1.29 is 18.3 Å². The van der Waals surface area contributed by atoms with Crippen molar-refractivity contribution in [2.45, 2.75) is 0 Å². The molecule has 0 saturated heterocycles. The Labute approximate surface area is 97.0 Å². The monoisotopic (exact) mass is 246 g/mol. The van der Waals surface area contributed by atoms with Gasteiger partial charge in [-0.3, -0.25) is 4.79 Å². The fraction of sp³-hybridized carbons (Fsp3) is 0.364. The van der Waals surface area contributed by atoms with Crippen molar-refractivity contribution in [3.63, 3.8) is 0 Å². The van der Waals surface area contributed by atoms with E-state index in [0.29, 0.717) is 18.4 Å². The first-order valence-electron chi connectivity index (χ1n) is 4.70. The molecule has 0 N–H and O–H groups in total. The highest BCUT2D eigenvalue weighted by Gasteiger charge is 2.12. The van der Waals surface area contributed by atoms with Crippen LogP contribution in [0, 0.1) is 11.6 Å². The van der Waals surface area contributed by atoms with Gasteiger partial charge in [-0.1, -0.05) is 0 Å². The Bertz CT molecular complexity index is 369. The zero-order valence-corrected chi connectivity index (χ0v) is 9.65. The smallest absolute Gasteiger partial charge is 0.175 e. The molecule has 1 rings (SSSR count). The Morgan fingerprint density at radius 2 is 2.19 bits per heavy atom. The van der Waals surface area contributed by atoms with Gasteiger partial charge in [-0.15, -0.1) is 0 Å². The van der Waals surface area contributed by atoms with E-state index < -0.39 is 11.6 Å². The highest BCUT2D eigenvalue weighted by molar-refractivity contribution is 8.00. The summed E-state index contributed by atoms with van der Waals surface area (Å²) >= 11 is 1.36. The van der Waals surface area contributed by atoms with Gasteiger partial charge in [0.25, 0.3) is 0 Å². The molecule has 0 heterocycles. The minimum Gasteiger partial charge on any atom is -0.384 e. The number of ether oxygens (including phenoxy) is 1. The van der Waals surface area contributed by atoms with E-state index in [1.165, 1.54) is 17.8 Å². The lowest BCUT2D eigenvalue weighted by Crippen LogP contribution is -2.07. The van der Waals surface area contributed by atoms with Crippen LogP contribution < -0.4 is 0 Å². The Kier molecular flexibility index (Phi) is 5.42. The third-order valence-corrected chi connectivity index (χ3v) is 2.82. The molecule has 0 saturated carbocycles. The molecular formula is C11H12F2O2S. The molecule has 2 nitrogen and oxygen atoms in total. The average Bonchev–Trinajstić information content (AvgIpc) is 2.24. The van der Waals surface area contributed by atoms with Gasteiger partial charge in [0, 0.05) is 18.9 Å².